The third kappa shape index (κ3) is 3.43. The molecule has 1 aliphatic carbocycles. The summed E-state index contributed by atoms with van der Waals surface area (Å²) < 4.78 is 0. The second-order valence-corrected chi connectivity index (χ2v) is 9.43. The van der Waals surface area contributed by atoms with Crippen molar-refractivity contribution in [1.29, 1.82) is 0 Å². The number of anilines is 4. The fourth-order valence-electron chi connectivity index (χ4n) is 5.49. The largest absolute Gasteiger partial charge is 0.368 e. The third-order valence-electron chi connectivity index (χ3n) is 7.36. The highest BCUT2D eigenvalue weighted by Gasteiger charge is 2.45. The molecule has 2 aromatic rings. The van der Waals surface area contributed by atoms with E-state index in [0.29, 0.717) is 5.95 Å². The zero-order chi connectivity index (χ0) is 21.5. The summed E-state index contributed by atoms with van der Waals surface area (Å²) in [5.74, 6) is 2.24. The van der Waals surface area contributed by atoms with Gasteiger partial charge in [0.05, 0.1) is 35.5 Å². The molecule has 2 aromatic heterocycles. The van der Waals surface area contributed by atoms with Gasteiger partial charge < -0.3 is 20.0 Å². The maximum atomic E-state index is 4.91. The number of aromatic nitrogens is 3. The number of pyridine rings is 1. The monoisotopic (exact) mass is 430 g/mol. The van der Waals surface area contributed by atoms with E-state index >= 15 is 0 Å². The van der Waals surface area contributed by atoms with Crippen molar-refractivity contribution < 1.29 is 0 Å². The van der Waals surface area contributed by atoms with Crippen LogP contribution in [0.1, 0.15) is 38.5 Å². The molecule has 6 rings (SSSR count). The van der Waals surface area contributed by atoms with Crippen molar-refractivity contribution >= 4 is 35.2 Å². The highest BCUT2D eigenvalue weighted by Crippen LogP contribution is 2.48. The van der Waals surface area contributed by atoms with E-state index in [-0.39, 0.29) is 5.54 Å². The van der Waals surface area contributed by atoms with Crippen molar-refractivity contribution in [2.24, 2.45) is 4.99 Å². The van der Waals surface area contributed by atoms with Gasteiger partial charge in [-0.15, -0.1) is 0 Å². The van der Waals surface area contributed by atoms with Crippen LogP contribution >= 0.6 is 0 Å². The Morgan fingerprint density at radius 3 is 2.59 bits per heavy atom. The van der Waals surface area contributed by atoms with Crippen LogP contribution in [0.4, 0.5) is 29.0 Å². The number of likely N-dealkylation sites (N-methyl/N-ethyl adjacent to an activating group) is 1. The molecule has 0 aromatic carbocycles. The molecule has 4 aliphatic rings. The number of nitrogens with one attached hydrogen (secondary N) is 1. The Balaban J connectivity index is 1.23. The molecule has 8 heteroatoms. The number of allylic oxidation sites excluding steroid dienone is 1. The standard InChI is InChI=1S/C24H30N8/c1-30-11-13-31(14-12-30)18-5-6-21(26-15-18)28-23-27-17-20-22(29-23)32-19(16-25-20)7-10-24(32)8-3-2-4-9-24/h5-7,15-17H,2-4,8-14H2,1H3,(H,26,27,28,29). The molecule has 1 spiro atoms. The van der Waals surface area contributed by atoms with Gasteiger partial charge in [0.15, 0.2) is 5.82 Å². The summed E-state index contributed by atoms with van der Waals surface area (Å²) in [5.41, 5.74) is 3.34. The Labute approximate surface area is 189 Å². The molecule has 0 atom stereocenters. The average Bonchev–Trinajstić information content (AvgIpc) is 3.19. The van der Waals surface area contributed by atoms with Crippen molar-refractivity contribution in [1.82, 2.24) is 19.9 Å². The van der Waals surface area contributed by atoms with Gasteiger partial charge in [-0.3, -0.25) is 0 Å². The smallest absolute Gasteiger partial charge is 0.230 e. The summed E-state index contributed by atoms with van der Waals surface area (Å²) in [6.45, 7) is 4.24. The number of hydrogen-bond donors (Lipinski definition) is 1. The van der Waals surface area contributed by atoms with Gasteiger partial charge in [0.1, 0.15) is 11.5 Å². The number of hydrogen-bond acceptors (Lipinski definition) is 8. The zero-order valence-corrected chi connectivity index (χ0v) is 18.7. The lowest BCUT2D eigenvalue weighted by atomic mass is 9.79. The fraction of sp³-hybridized carbons (Fsp3) is 0.500. The normalized spacial score (nSPS) is 22.0. The predicted octanol–water partition coefficient (Wildman–Crippen LogP) is 3.88. The molecular weight excluding hydrogens is 400 g/mol. The first-order chi connectivity index (χ1) is 15.7. The SMILES string of the molecule is CN1CCN(c2ccc(Nc3ncc4c(n3)N3C(=CCC35CCCCC5)C=N4)nc2)CC1. The van der Waals surface area contributed by atoms with Crippen molar-refractivity contribution in [3.8, 4) is 0 Å². The van der Waals surface area contributed by atoms with Gasteiger partial charge in [0.2, 0.25) is 5.95 Å². The van der Waals surface area contributed by atoms with Crippen LogP contribution in [-0.4, -0.2) is 64.8 Å². The van der Waals surface area contributed by atoms with Gasteiger partial charge >= 0.3 is 0 Å². The summed E-state index contributed by atoms with van der Waals surface area (Å²) in [7, 11) is 2.17. The third-order valence-corrected chi connectivity index (χ3v) is 7.36. The van der Waals surface area contributed by atoms with Gasteiger partial charge in [-0.25, -0.2) is 15.0 Å². The van der Waals surface area contributed by atoms with E-state index < -0.39 is 0 Å². The summed E-state index contributed by atoms with van der Waals surface area (Å²) in [5, 5.41) is 3.30. The molecular formula is C24H30N8. The molecule has 5 heterocycles. The van der Waals surface area contributed by atoms with Crippen LogP contribution in [0.3, 0.4) is 0 Å². The molecule has 32 heavy (non-hydrogen) atoms. The van der Waals surface area contributed by atoms with Gasteiger partial charge in [-0.1, -0.05) is 25.3 Å². The first-order valence-electron chi connectivity index (χ1n) is 11.8. The van der Waals surface area contributed by atoms with Gasteiger partial charge in [0, 0.05) is 26.2 Å². The predicted molar refractivity (Wildman–Crippen MR) is 128 cm³/mol. The lowest BCUT2D eigenvalue weighted by Gasteiger charge is -2.44. The Kier molecular flexibility index (Phi) is 4.82. The van der Waals surface area contributed by atoms with Crippen LogP contribution < -0.4 is 15.1 Å². The van der Waals surface area contributed by atoms with Crippen molar-refractivity contribution in [3.05, 3.63) is 36.3 Å². The van der Waals surface area contributed by atoms with Crippen LogP contribution in [0.25, 0.3) is 0 Å². The Morgan fingerprint density at radius 1 is 0.969 bits per heavy atom. The Bertz CT molecular complexity index is 1050. The molecule has 1 N–H and O–H groups in total. The summed E-state index contributed by atoms with van der Waals surface area (Å²) in [6.07, 6.45) is 15.5. The second-order valence-electron chi connectivity index (χ2n) is 9.43. The Hall–Kier alpha value is -3.00. The molecule has 1 saturated heterocycles. The second kappa shape index (κ2) is 7.85. The summed E-state index contributed by atoms with van der Waals surface area (Å²) >= 11 is 0. The Morgan fingerprint density at radius 2 is 1.81 bits per heavy atom. The maximum absolute atomic E-state index is 4.91. The topological polar surface area (TPSA) is 72.8 Å². The molecule has 0 radical (unpaired) electrons. The number of rotatable bonds is 3. The van der Waals surface area contributed by atoms with Crippen LogP contribution in [0.2, 0.25) is 0 Å². The fourth-order valence-corrected chi connectivity index (χ4v) is 5.49. The van der Waals surface area contributed by atoms with Crippen molar-refractivity contribution in [2.75, 3.05) is 48.3 Å². The van der Waals surface area contributed by atoms with Crippen LogP contribution in [-0.2, 0) is 0 Å². The maximum Gasteiger partial charge on any atom is 0.230 e. The molecule has 0 bridgehead atoms. The first-order valence-corrected chi connectivity index (χ1v) is 11.8. The summed E-state index contributed by atoms with van der Waals surface area (Å²) in [6, 6.07) is 4.14. The van der Waals surface area contributed by atoms with E-state index in [2.05, 4.69) is 54.2 Å². The number of aliphatic imine (C=N–C) groups is 1. The number of piperazine rings is 1. The van der Waals surface area contributed by atoms with E-state index in [1.54, 1.807) is 0 Å². The zero-order valence-electron chi connectivity index (χ0n) is 18.7. The minimum Gasteiger partial charge on any atom is -0.368 e. The van der Waals surface area contributed by atoms with Crippen LogP contribution in [0.15, 0.2) is 41.3 Å². The molecule has 8 nitrogen and oxygen atoms in total. The molecule has 0 amide bonds. The molecule has 2 fully saturated rings. The average molecular weight is 431 g/mol. The molecule has 1 saturated carbocycles. The van der Waals surface area contributed by atoms with Crippen molar-refractivity contribution in [2.45, 2.75) is 44.1 Å². The van der Waals surface area contributed by atoms with Crippen LogP contribution in [0.5, 0.6) is 0 Å². The van der Waals surface area contributed by atoms with Gasteiger partial charge in [-0.05, 0) is 38.4 Å². The lowest BCUT2D eigenvalue weighted by molar-refractivity contribution is 0.302. The first kappa shape index (κ1) is 19.7. The minimum absolute atomic E-state index is 0.156. The van der Waals surface area contributed by atoms with E-state index in [1.165, 1.54) is 37.8 Å². The molecule has 3 aliphatic heterocycles. The van der Waals surface area contributed by atoms with E-state index in [9.17, 15) is 0 Å². The highest BCUT2D eigenvalue weighted by molar-refractivity contribution is 5.94. The number of fused-ring (bicyclic) bond motifs is 4. The molecule has 166 valence electrons. The highest BCUT2D eigenvalue weighted by atomic mass is 15.3. The van der Waals surface area contributed by atoms with Gasteiger partial charge in [0.25, 0.3) is 0 Å². The van der Waals surface area contributed by atoms with Gasteiger partial charge in [-0.2, -0.15) is 4.98 Å². The van der Waals surface area contributed by atoms with Crippen molar-refractivity contribution in [3.63, 3.8) is 0 Å². The van der Waals surface area contributed by atoms with E-state index in [0.717, 1.165) is 55.6 Å². The van der Waals surface area contributed by atoms with E-state index in [4.69, 9.17) is 4.98 Å². The van der Waals surface area contributed by atoms with E-state index in [1.807, 2.05) is 24.7 Å². The summed E-state index contributed by atoms with van der Waals surface area (Å²) in [4.78, 5) is 25.9. The van der Waals surface area contributed by atoms with Crippen LogP contribution in [0, 0.1) is 0 Å². The number of nitrogens with zero attached hydrogens (tertiary/aromatic N) is 7. The minimum atomic E-state index is 0.156. The lowest BCUT2D eigenvalue weighted by Crippen LogP contribution is -2.47. The quantitative estimate of drug-likeness (QED) is 0.792. The molecule has 0 unspecified atom stereocenters.